The molecule has 4 heteroatoms. The van der Waals surface area contributed by atoms with Crippen molar-refractivity contribution in [2.75, 3.05) is 13.7 Å². The molecule has 2 radical (unpaired) electrons. The standard InChI is InChI=1S/C7H13BO3/c1-4-5(3-9)11-7(8)6(4)10-2/h4-7,9H,3H2,1-2H3. The van der Waals surface area contributed by atoms with Crippen molar-refractivity contribution >= 4 is 7.85 Å². The highest BCUT2D eigenvalue weighted by atomic mass is 16.6. The summed E-state index contributed by atoms with van der Waals surface area (Å²) in [7, 11) is 7.19. The van der Waals surface area contributed by atoms with Gasteiger partial charge in [0.2, 0.25) is 0 Å². The summed E-state index contributed by atoms with van der Waals surface area (Å²) in [5.41, 5.74) is 0. The molecule has 0 aromatic heterocycles. The summed E-state index contributed by atoms with van der Waals surface area (Å²) in [5, 5.41) is 8.83. The maximum Gasteiger partial charge on any atom is 0.112 e. The van der Waals surface area contributed by atoms with Crippen LogP contribution in [0.15, 0.2) is 0 Å². The molecule has 4 atom stereocenters. The molecule has 0 aromatic carbocycles. The number of rotatable bonds is 2. The van der Waals surface area contributed by atoms with Crippen LogP contribution < -0.4 is 0 Å². The fraction of sp³-hybridized carbons (Fsp3) is 1.00. The van der Waals surface area contributed by atoms with Gasteiger partial charge in [-0.05, 0) is 0 Å². The van der Waals surface area contributed by atoms with Crippen LogP contribution in [0.25, 0.3) is 0 Å². The molecule has 3 nitrogen and oxygen atoms in total. The van der Waals surface area contributed by atoms with E-state index in [2.05, 4.69) is 0 Å². The normalized spacial score (nSPS) is 44.6. The molecule has 1 aliphatic heterocycles. The van der Waals surface area contributed by atoms with Gasteiger partial charge in [-0.15, -0.1) is 0 Å². The second-order valence-corrected chi connectivity index (χ2v) is 2.88. The van der Waals surface area contributed by atoms with Gasteiger partial charge in [0, 0.05) is 19.0 Å². The van der Waals surface area contributed by atoms with E-state index < -0.39 is 6.00 Å². The summed E-state index contributed by atoms with van der Waals surface area (Å²) >= 11 is 0. The molecule has 1 aliphatic rings. The van der Waals surface area contributed by atoms with Crippen LogP contribution in [0, 0.1) is 5.92 Å². The Morgan fingerprint density at radius 2 is 2.27 bits per heavy atom. The monoisotopic (exact) mass is 156 g/mol. The molecule has 1 rings (SSSR count). The number of hydrogen-bond donors (Lipinski definition) is 1. The van der Waals surface area contributed by atoms with Crippen molar-refractivity contribution in [2.24, 2.45) is 5.92 Å². The SMILES string of the molecule is [B]C1OC(CO)C(C)C1OC. The number of hydrogen-bond acceptors (Lipinski definition) is 3. The molecule has 4 unspecified atom stereocenters. The van der Waals surface area contributed by atoms with Crippen LogP contribution in [-0.2, 0) is 9.47 Å². The molecule has 0 saturated carbocycles. The van der Waals surface area contributed by atoms with Gasteiger partial charge in [-0.2, -0.15) is 0 Å². The van der Waals surface area contributed by atoms with Crippen molar-refractivity contribution in [3.8, 4) is 0 Å². The smallest absolute Gasteiger partial charge is 0.112 e. The van der Waals surface area contributed by atoms with Crippen LogP contribution in [0.3, 0.4) is 0 Å². The van der Waals surface area contributed by atoms with Crippen LogP contribution in [0.2, 0.25) is 0 Å². The number of aliphatic hydroxyl groups is 1. The first-order valence-corrected chi connectivity index (χ1v) is 3.75. The van der Waals surface area contributed by atoms with Crippen molar-refractivity contribution in [1.29, 1.82) is 0 Å². The van der Waals surface area contributed by atoms with E-state index in [-0.39, 0.29) is 24.7 Å². The van der Waals surface area contributed by atoms with Crippen molar-refractivity contribution < 1.29 is 14.6 Å². The summed E-state index contributed by atoms with van der Waals surface area (Å²) < 4.78 is 10.3. The topological polar surface area (TPSA) is 38.7 Å². The molecule has 0 aromatic rings. The van der Waals surface area contributed by atoms with Crippen LogP contribution >= 0.6 is 0 Å². The Balaban J connectivity index is 2.55. The van der Waals surface area contributed by atoms with Gasteiger partial charge in [-0.1, -0.05) is 6.92 Å². The Kier molecular flexibility index (Phi) is 2.93. The number of ether oxygens (including phenoxy) is 2. The summed E-state index contributed by atoms with van der Waals surface area (Å²) in [5.74, 6) is 0.167. The number of aliphatic hydroxyl groups excluding tert-OH is 1. The minimum absolute atomic E-state index is 0.00866. The average Bonchev–Trinajstić information content (AvgIpc) is 2.26. The average molecular weight is 156 g/mol. The molecule has 0 spiro atoms. The van der Waals surface area contributed by atoms with Gasteiger partial charge in [0.05, 0.1) is 18.8 Å². The molecule has 62 valence electrons. The fourth-order valence-corrected chi connectivity index (χ4v) is 1.47. The lowest BCUT2D eigenvalue weighted by Crippen LogP contribution is -2.28. The first kappa shape index (κ1) is 9.04. The highest BCUT2D eigenvalue weighted by Gasteiger charge is 2.38. The van der Waals surface area contributed by atoms with E-state index in [1.54, 1.807) is 7.11 Å². The molecule has 1 saturated heterocycles. The second kappa shape index (κ2) is 3.56. The summed E-state index contributed by atoms with van der Waals surface area (Å²) in [6.45, 7) is 1.97. The maximum absolute atomic E-state index is 8.83. The van der Waals surface area contributed by atoms with Gasteiger partial charge in [0.15, 0.2) is 0 Å². The van der Waals surface area contributed by atoms with Crippen LogP contribution in [-0.4, -0.2) is 44.9 Å². The third-order valence-corrected chi connectivity index (χ3v) is 2.21. The van der Waals surface area contributed by atoms with E-state index in [0.29, 0.717) is 0 Å². The highest BCUT2D eigenvalue weighted by molar-refractivity contribution is 6.11. The van der Waals surface area contributed by atoms with Gasteiger partial charge < -0.3 is 14.6 Å². The first-order chi connectivity index (χ1) is 5.20. The van der Waals surface area contributed by atoms with Crippen LogP contribution in [0.1, 0.15) is 6.92 Å². The predicted molar refractivity (Wildman–Crippen MR) is 41.5 cm³/mol. The quantitative estimate of drug-likeness (QED) is 0.549. The maximum atomic E-state index is 8.83. The van der Waals surface area contributed by atoms with Crippen LogP contribution in [0.4, 0.5) is 0 Å². The molecule has 0 amide bonds. The summed E-state index contributed by atoms with van der Waals surface area (Å²) in [6, 6.07) is -0.396. The molecule has 0 bridgehead atoms. The molecule has 1 N–H and O–H groups in total. The van der Waals surface area contributed by atoms with E-state index in [0.717, 1.165) is 0 Å². The zero-order chi connectivity index (χ0) is 8.43. The van der Waals surface area contributed by atoms with Gasteiger partial charge in [0.1, 0.15) is 7.85 Å². The van der Waals surface area contributed by atoms with E-state index in [4.69, 9.17) is 22.4 Å². The Morgan fingerprint density at radius 1 is 1.64 bits per heavy atom. The zero-order valence-electron chi connectivity index (χ0n) is 6.86. The Morgan fingerprint density at radius 3 is 2.55 bits per heavy atom. The van der Waals surface area contributed by atoms with Crippen molar-refractivity contribution in [2.45, 2.75) is 25.1 Å². The first-order valence-electron chi connectivity index (χ1n) is 3.75. The summed E-state index contributed by atoms with van der Waals surface area (Å²) in [4.78, 5) is 0. The molecule has 11 heavy (non-hydrogen) atoms. The lowest BCUT2D eigenvalue weighted by atomic mass is 9.89. The van der Waals surface area contributed by atoms with Gasteiger partial charge in [-0.3, -0.25) is 0 Å². The molecule has 1 heterocycles. The fourth-order valence-electron chi connectivity index (χ4n) is 1.47. The minimum atomic E-state index is -0.396. The van der Waals surface area contributed by atoms with Crippen molar-refractivity contribution in [3.63, 3.8) is 0 Å². The molecule has 0 aliphatic carbocycles. The van der Waals surface area contributed by atoms with Crippen molar-refractivity contribution in [1.82, 2.24) is 0 Å². The Hall–Kier alpha value is -0.0551. The van der Waals surface area contributed by atoms with E-state index in [1.807, 2.05) is 6.92 Å². The Bertz CT molecular complexity index is 131. The number of methoxy groups -OCH3 is 1. The third-order valence-electron chi connectivity index (χ3n) is 2.21. The van der Waals surface area contributed by atoms with Gasteiger partial charge >= 0.3 is 0 Å². The zero-order valence-corrected chi connectivity index (χ0v) is 6.86. The molecule has 1 fully saturated rings. The largest absolute Gasteiger partial charge is 0.394 e. The third kappa shape index (κ3) is 1.58. The minimum Gasteiger partial charge on any atom is -0.394 e. The van der Waals surface area contributed by atoms with E-state index >= 15 is 0 Å². The van der Waals surface area contributed by atoms with Crippen LogP contribution in [0.5, 0.6) is 0 Å². The predicted octanol–water partition coefficient (Wildman–Crippen LogP) is -0.477. The lowest BCUT2D eigenvalue weighted by Gasteiger charge is -2.16. The highest BCUT2D eigenvalue weighted by Crippen LogP contribution is 2.26. The lowest BCUT2D eigenvalue weighted by molar-refractivity contribution is 0.0206. The summed E-state index contributed by atoms with van der Waals surface area (Å²) in [6.07, 6.45) is -0.262. The van der Waals surface area contributed by atoms with E-state index in [1.165, 1.54) is 0 Å². The van der Waals surface area contributed by atoms with Crippen molar-refractivity contribution in [3.05, 3.63) is 0 Å². The van der Waals surface area contributed by atoms with E-state index in [9.17, 15) is 0 Å². The van der Waals surface area contributed by atoms with Gasteiger partial charge in [0.25, 0.3) is 0 Å². The molecular formula is C7H13BO3. The second-order valence-electron chi connectivity index (χ2n) is 2.88. The Labute approximate surface area is 68.1 Å². The van der Waals surface area contributed by atoms with Gasteiger partial charge in [-0.25, -0.2) is 0 Å². The molecular weight excluding hydrogens is 143 g/mol.